The third-order valence-electron chi connectivity index (χ3n) is 4.36. The molecule has 1 aromatic carbocycles. The number of ether oxygens (including phenoxy) is 1. The predicted octanol–water partition coefficient (Wildman–Crippen LogP) is 3.63. The number of aryl methyl sites for hydroxylation is 1. The van der Waals surface area contributed by atoms with Gasteiger partial charge in [0.15, 0.2) is 0 Å². The minimum atomic E-state index is -0.288. The first-order chi connectivity index (χ1) is 8.83. The fourth-order valence-corrected chi connectivity index (χ4v) is 3.23. The standard InChI is InChI=1S/C16H22O2/c17-16-7-3-6-13-8-9-14(10-15(13)16)18-11-12-4-1-2-5-12/h8-10,12,16-17H,1-7,11H2/t16-/m1/s1. The summed E-state index contributed by atoms with van der Waals surface area (Å²) in [4.78, 5) is 0. The summed E-state index contributed by atoms with van der Waals surface area (Å²) in [5.41, 5.74) is 2.38. The molecule has 1 fully saturated rings. The molecule has 2 nitrogen and oxygen atoms in total. The minimum absolute atomic E-state index is 0.288. The zero-order valence-electron chi connectivity index (χ0n) is 10.9. The minimum Gasteiger partial charge on any atom is -0.493 e. The van der Waals surface area contributed by atoms with Crippen molar-refractivity contribution in [2.75, 3.05) is 6.61 Å². The van der Waals surface area contributed by atoms with Gasteiger partial charge < -0.3 is 9.84 Å². The molecule has 1 atom stereocenters. The molecule has 1 saturated carbocycles. The highest BCUT2D eigenvalue weighted by atomic mass is 16.5. The maximum atomic E-state index is 10.0. The molecule has 2 aliphatic carbocycles. The first kappa shape index (κ1) is 12.0. The Morgan fingerprint density at radius 3 is 2.78 bits per heavy atom. The second kappa shape index (κ2) is 5.31. The van der Waals surface area contributed by atoms with Gasteiger partial charge in [0.05, 0.1) is 12.7 Å². The maximum absolute atomic E-state index is 10.0. The monoisotopic (exact) mass is 246 g/mol. The van der Waals surface area contributed by atoms with E-state index in [0.717, 1.165) is 43.1 Å². The number of hydrogen-bond donors (Lipinski definition) is 1. The third-order valence-corrected chi connectivity index (χ3v) is 4.36. The van der Waals surface area contributed by atoms with Crippen LogP contribution in [0.25, 0.3) is 0 Å². The van der Waals surface area contributed by atoms with E-state index >= 15 is 0 Å². The fourth-order valence-electron chi connectivity index (χ4n) is 3.23. The lowest BCUT2D eigenvalue weighted by atomic mass is 9.89. The van der Waals surface area contributed by atoms with Crippen molar-refractivity contribution in [1.82, 2.24) is 0 Å². The average molecular weight is 246 g/mol. The van der Waals surface area contributed by atoms with Crippen LogP contribution in [-0.4, -0.2) is 11.7 Å². The lowest BCUT2D eigenvalue weighted by Crippen LogP contribution is -2.11. The van der Waals surface area contributed by atoms with Crippen LogP contribution in [0.15, 0.2) is 18.2 Å². The number of aliphatic hydroxyl groups is 1. The molecule has 0 bridgehead atoms. The van der Waals surface area contributed by atoms with Crippen molar-refractivity contribution in [1.29, 1.82) is 0 Å². The van der Waals surface area contributed by atoms with Crippen LogP contribution in [0.4, 0.5) is 0 Å². The summed E-state index contributed by atoms with van der Waals surface area (Å²) in [6, 6.07) is 6.24. The van der Waals surface area contributed by atoms with Gasteiger partial charge in [-0.05, 0) is 61.3 Å². The zero-order chi connectivity index (χ0) is 12.4. The van der Waals surface area contributed by atoms with Gasteiger partial charge in [-0.3, -0.25) is 0 Å². The Kier molecular flexibility index (Phi) is 3.55. The van der Waals surface area contributed by atoms with Crippen LogP contribution in [0.1, 0.15) is 55.8 Å². The van der Waals surface area contributed by atoms with Crippen molar-refractivity contribution in [3.63, 3.8) is 0 Å². The Bertz CT molecular complexity index is 408. The van der Waals surface area contributed by atoms with Crippen LogP contribution >= 0.6 is 0 Å². The molecule has 18 heavy (non-hydrogen) atoms. The molecule has 1 N–H and O–H groups in total. The number of aliphatic hydroxyl groups excluding tert-OH is 1. The van der Waals surface area contributed by atoms with E-state index in [1.165, 1.54) is 31.2 Å². The van der Waals surface area contributed by atoms with Crippen LogP contribution in [0.3, 0.4) is 0 Å². The summed E-state index contributed by atoms with van der Waals surface area (Å²) in [5, 5.41) is 10.0. The van der Waals surface area contributed by atoms with Crippen molar-refractivity contribution in [3.8, 4) is 5.75 Å². The Morgan fingerprint density at radius 2 is 1.94 bits per heavy atom. The lowest BCUT2D eigenvalue weighted by Gasteiger charge is -2.22. The Labute approximate surface area is 109 Å². The first-order valence-corrected chi connectivity index (χ1v) is 7.26. The molecule has 0 spiro atoms. The predicted molar refractivity (Wildman–Crippen MR) is 71.8 cm³/mol. The van der Waals surface area contributed by atoms with E-state index in [-0.39, 0.29) is 6.10 Å². The maximum Gasteiger partial charge on any atom is 0.119 e. The molecule has 2 aliphatic rings. The molecule has 2 heteroatoms. The van der Waals surface area contributed by atoms with E-state index in [9.17, 15) is 5.11 Å². The molecule has 0 heterocycles. The summed E-state index contributed by atoms with van der Waals surface area (Å²) in [5.74, 6) is 1.67. The fraction of sp³-hybridized carbons (Fsp3) is 0.625. The van der Waals surface area contributed by atoms with Gasteiger partial charge in [-0.1, -0.05) is 18.9 Å². The van der Waals surface area contributed by atoms with Gasteiger partial charge in [-0.25, -0.2) is 0 Å². The van der Waals surface area contributed by atoms with Gasteiger partial charge in [-0.2, -0.15) is 0 Å². The molecule has 0 aromatic heterocycles. The molecule has 98 valence electrons. The van der Waals surface area contributed by atoms with E-state index in [4.69, 9.17) is 4.74 Å². The second-order valence-corrected chi connectivity index (χ2v) is 5.73. The number of rotatable bonds is 3. The van der Waals surface area contributed by atoms with Gasteiger partial charge in [0.2, 0.25) is 0 Å². The van der Waals surface area contributed by atoms with Crippen LogP contribution in [0.2, 0.25) is 0 Å². The number of hydrogen-bond acceptors (Lipinski definition) is 2. The SMILES string of the molecule is O[C@@H]1CCCc2ccc(OCC3CCCC3)cc21. The highest BCUT2D eigenvalue weighted by Gasteiger charge is 2.19. The van der Waals surface area contributed by atoms with Gasteiger partial charge in [-0.15, -0.1) is 0 Å². The quantitative estimate of drug-likeness (QED) is 0.882. The highest BCUT2D eigenvalue weighted by Crippen LogP contribution is 2.33. The number of fused-ring (bicyclic) bond motifs is 1. The van der Waals surface area contributed by atoms with Crippen molar-refractivity contribution >= 4 is 0 Å². The molecule has 3 rings (SSSR count). The van der Waals surface area contributed by atoms with Crippen LogP contribution < -0.4 is 4.74 Å². The van der Waals surface area contributed by atoms with Gasteiger partial charge in [0.1, 0.15) is 5.75 Å². The summed E-state index contributed by atoms with van der Waals surface area (Å²) >= 11 is 0. The van der Waals surface area contributed by atoms with Crippen molar-refractivity contribution in [2.45, 2.75) is 51.0 Å². The molecule has 0 saturated heterocycles. The Hall–Kier alpha value is -1.02. The van der Waals surface area contributed by atoms with Crippen LogP contribution in [0.5, 0.6) is 5.75 Å². The molecule has 0 radical (unpaired) electrons. The van der Waals surface area contributed by atoms with E-state index in [2.05, 4.69) is 12.1 Å². The summed E-state index contributed by atoms with van der Waals surface area (Å²) in [6.07, 6.45) is 8.13. The smallest absolute Gasteiger partial charge is 0.119 e. The second-order valence-electron chi connectivity index (χ2n) is 5.73. The van der Waals surface area contributed by atoms with E-state index in [0.29, 0.717) is 0 Å². The molecule has 1 aromatic rings. The Morgan fingerprint density at radius 1 is 1.11 bits per heavy atom. The largest absolute Gasteiger partial charge is 0.493 e. The number of benzene rings is 1. The topological polar surface area (TPSA) is 29.5 Å². The first-order valence-electron chi connectivity index (χ1n) is 7.26. The lowest BCUT2D eigenvalue weighted by molar-refractivity contribution is 0.155. The van der Waals surface area contributed by atoms with E-state index in [1.54, 1.807) is 0 Å². The van der Waals surface area contributed by atoms with Gasteiger partial charge in [0, 0.05) is 0 Å². The average Bonchev–Trinajstić information content (AvgIpc) is 2.90. The Balaban J connectivity index is 1.67. The summed E-state index contributed by atoms with van der Waals surface area (Å²) in [7, 11) is 0. The van der Waals surface area contributed by atoms with Gasteiger partial charge >= 0.3 is 0 Å². The zero-order valence-corrected chi connectivity index (χ0v) is 10.9. The van der Waals surface area contributed by atoms with E-state index in [1.807, 2.05) is 6.07 Å². The molecule has 0 amide bonds. The van der Waals surface area contributed by atoms with Crippen molar-refractivity contribution < 1.29 is 9.84 Å². The molecule has 0 unspecified atom stereocenters. The van der Waals surface area contributed by atoms with Crippen molar-refractivity contribution in [2.24, 2.45) is 5.92 Å². The van der Waals surface area contributed by atoms with Crippen molar-refractivity contribution in [3.05, 3.63) is 29.3 Å². The van der Waals surface area contributed by atoms with Crippen LogP contribution in [0, 0.1) is 5.92 Å². The van der Waals surface area contributed by atoms with E-state index < -0.39 is 0 Å². The molecule has 0 aliphatic heterocycles. The highest BCUT2D eigenvalue weighted by molar-refractivity contribution is 5.38. The molecular weight excluding hydrogens is 224 g/mol. The molecular formula is C16H22O2. The van der Waals surface area contributed by atoms with Gasteiger partial charge in [0.25, 0.3) is 0 Å². The summed E-state index contributed by atoms with van der Waals surface area (Å²) < 4.78 is 5.89. The normalized spacial score (nSPS) is 23.9. The third kappa shape index (κ3) is 2.54. The van der Waals surface area contributed by atoms with Crippen LogP contribution in [-0.2, 0) is 6.42 Å². The summed E-state index contributed by atoms with van der Waals surface area (Å²) in [6.45, 7) is 0.842.